The van der Waals surface area contributed by atoms with Crippen molar-refractivity contribution in [1.82, 2.24) is 4.90 Å². The molecule has 3 rings (SSSR count). The highest BCUT2D eigenvalue weighted by atomic mass is 35.5. The molecule has 8 nitrogen and oxygen atoms in total. The second-order valence-electron chi connectivity index (χ2n) is 5.69. The number of aliphatic carboxylic acids is 1. The third kappa shape index (κ3) is 3.79. The summed E-state index contributed by atoms with van der Waals surface area (Å²) in [7, 11) is 0. The molecule has 1 atom stereocenters. The van der Waals surface area contributed by atoms with Crippen LogP contribution in [0.2, 0.25) is 5.02 Å². The number of thioether (sulfide) groups is 1. The normalized spacial score (nSPS) is 16.6. The van der Waals surface area contributed by atoms with Crippen LogP contribution in [-0.4, -0.2) is 37.2 Å². The quantitative estimate of drug-likeness (QED) is 0.320. The molecule has 1 amide bonds. The summed E-state index contributed by atoms with van der Waals surface area (Å²) in [5.41, 5.74) is 0.0242. The number of nitrogens with zero attached hydrogens (tertiary/aromatic N) is 2. The van der Waals surface area contributed by atoms with Crippen LogP contribution in [0.25, 0.3) is 17.4 Å². The van der Waals surface area contributed by atoms with E-state index < -0.39 is 22.8 Å². The first-order chi connectivity index (χ1) is 13.2. The summed E-state index contributed by atoms with van der Waals surface area (Å²) in [6, 6.07) is 6.17. The molecule has 1 aromatic heterocycles. The number of benzene rings is 1. The van der Waals surface area contributed by atoms with Crippen LogP contribution in [0.1, 0.15) is 12.7 Å². The number of furan rings is 1. The van der Waals surface area contributed by atoms with Crippen molar-refractivity contribution in [2.75, 3.05) is 0 Å². The van der Waals surface area contributed by atoms with E-state index in [0.717, 1.165) is 16.7 Å². The highest BCUT2D eigenvalue weighted by Crippen LogP contribution is 2.36. The van der Waals surface area contributed by atoms with Crippen LogP contribution in [0.4, 0.5) is 5.69 Å². The minimum Gasteiger partial charge on any atom is -0.480 e. The topological polar surface area (TPSA) is 114 Å². The maximum absolute atomic E-state index is 12.5. The Hall–Kier alpha value is -2.69. The van der Waals surface area contributed by atoms with Gasteiger partial charge in [-0.15, -0.1) is 0 Å². The van der Waals surface area contributed by atoms with E-state index in [1.54, 1.807) is 6.07 Å². The Morgan fingerprint density at radius 2 is 2.14 bits per heavy atom. The fourth-order valence-corrected chi connectivity index (χ4v) is 4.06. The third-order valence-electron chi connectivity index (χ3n) is 3.89. The first-order valence-electron chi connectivity index (χ1n) is 7.73. The van der Waals surface area contributed by atoms with Crippen molar-refractivity contribution in [3.8, 4) is 11.3 Å². The molecular formula is C17H11ClN2O6S2. The Labute approximate surface area is 172 Å². The second-order valence-corrected chi connectivity index (χ2v) is 7.80. The summed E-state index contributed by atoms with van der Waals surface area (Å²) < 4.78 is 5.75. The molecule has 1 aliphatic rings. The average molecular weight is 439 g/mol. The lowest BCUT2D eigenvalue weighted by Gasteiger charge is -2.18. The van der Waals surface area contributed by atoms with Gasteiger partial charge >= 0.3 is 5.97 Å². The van der Waals surface area contributed by atoms with Crippen LogP contribution in [0.5, 0.6) is 0 Å². The van der Waals surface area contributed by atoms with Gasteiger partial charge in [0, 0.05) is 17.2 Å². The van der Waals surface area contributed by atoms with Gasteiger partial charge in [-0.05, 0) is 31.2 Å². The SMILES string of the molecule is CC(C(=O)O)N1C(=O)/C(=C\c2ccc(-c3ccc(Cl)cc3[N+](=O)[O-])o2)SC1=S. The van der Waals surface area contributed by atoms with Crippen LogP contribution in [0, 0.1) is 10.1 Å². The Kier molecular flexibility index (Phi) is 5.54. The molecule has 1 aliphatic heterocycles. The molecule has 2 aromatic rings. The summed E-state index contributed by atoms with van der Waals surface area (Å²) in [5, 5.41) is 20.6. The number of carboxylic acids is 1. The minimum atomic E-state index is -1.17. The number of hydrogen-bond acceptors (Lipinski definition) is 7. The molecule has 1 aromatic carbocycles. The van der Waals surface area contributed by atoms with E-state index in [4.69, 9.17) is 33.3 Å². The van der Waals surface area contributed by atoms with Crippen molar-refractivity contribution in [3.05, 3.63) is 56.1 Å². The van der Waals surface area contributed by atoms with E-state index in [1.807, 2.05) is 0 Å². The number of thiocarbonyl (C=S) groups is 1. The van der Waals surface area contributed by atoms with Crippen LogP contribution < -0.4 is 0 Å². The maximum atomic E-state index is 12.5. The molecule has 1 saturated heterocycles. The summed E-state index contributed by atoms with van der Waals surface area (Å²) >= 11 is 11.9. The first kappa shape index (κ1) is 20.1. The predicted octanol–water partition coefficient (Wildman–Crippen LogP) is 4.18. The van der Waals surface area contributed by atoms with Gasteiger partial charge in [-0.2, -0.15) is 0 Å². The summed E-state index contributed by atoms with van der Waals surface area (Å²) in [4.78, 5) is 35.5. The molecule has 0 radical (unpaired) electrons. The second kappa shape index (κ2) is 7.74. The van der Waals surface area contributed by atoms with Gasteiger partial charge in [0.1, 0.15) is 21.9 Å². The smallest absolute Gasteiger partial charge is 0.326 e. The number of hydrogen-bond donors (Lipinski definition) is 1. The lowest BCUT2D eigenvalue weighted by atomic mass is 10.1. The number of carboxylic acid groups (broad SMARTS) is 1. The molecule has 0 spiro atoms. The first-order valence-corrected chi connectivity index (χ1v) is 9.33. The van der Waals surface area contributed by atoms with E-state index in [0.29, 0.717) is 0 Å². The number of halogens is 1. The minimum absolute atomic E-state index is 0.131. The highest BCUT2D eigenvalue weighted by Gasteiger charge is 2.38. The molecular weight excluding hydrogens is 428 g/mol. The Morgan fingerprint density at radius 3 is 2.79 bits per heavy atom. The van der Waals surface area contributed by atoms with Gasteiger partial charge in [-0.25, -0.2) is 4.79 Å². The number of carbonyl (C=O) groups excluding carboxylic acids is 1. The van der Waals surface area contributed by atoms with Crippen molar-refractivity contribution < 1.29 is 24.0 Å². The molecule has 11 heteroatoms. The van der Waals surface area contributed by atoms with Crippen molar-refractivity contribution in [1.29, 1.82) is 0 Å². The fraction of sp³-hybridized carbons (Fsp3) is 0.118. The largest absolute Gasteiger partial charge is 0.480 e. The molecule has 2 heterocycles. The van der Waals surface area contributed by atoms with Crippen molar-refractivity contribution in [2.24, 2.45) is 0 Å². The van der Waals surface area contributed by atoms with E-state index >= 15 is 0 Å². The van der Waals surface area contributed by atoms with E-state index in [1.165, 1.54) is 37.3 Å². The monoisotopic (exact) mass is 438 g/mol. The standard InChI is InChI=1S/C17H11ClN2O6S2/c1-8(16(22)23)19-15(21)14(28-17(19)27)7-10-3-5-13(26-10)11-4-2-9(18)6-12(11)20(24)25/h2-8H,1H3,(H,22,23)/b14-7+. The molecule has 0 saturated carbocycles. The van der Waals surface area contributed by atoms with Gasteiger partial charge in [0.2, 0.25) is 0 Å². The summed E-state index contributed by atoms with van der Waals surface area (Å²) in [5.74, 6) is -1.22. The predicted molar refractivity (Wildman–Crippen MR) is 108 cm³/mol. The zero-order valence-corrected chi connectivity index (χ0v) is 16.5. The Bertz CT molecular complexity index is 1050. The van der Waals surface area contributed by atoms with Gasteiger partial charge in [0.25, 0.3) is 11.6 Å². The average Bonchev–Trinajstić information content (AvgIpc) is 3.19. The zero-order chi connectivity index (χ0) is 20.6. The summed E-state index contributed by atoms with van der Waals surface area (Å²) in [6.07, 6.45) is 1.42. The van der Waals surface area contributed by atoms with Gasteiger partial charge in [-0.1, -0.05) is 35.6 Å². The molecule has 1 fully saturated rings. The number of nitro benzene ring substituents is 1. The molecule has 144 valence electrons. The van der Waals surface area contributed by atoms with Crippen LogP contribution in [0.15, 0.2) is 39.7 Å². The lowest BCUT2D eigenvalue weighted by Crippen LogP contribution is -2.41. The van der Waals surface area contributed by atoms with E-state index in [9.17, 15) is 19.7 Å². The third-order valence-corrected chi connectivity index (χ3v) is 5.46. The van der Waals surface area contributed by atoms with E-state index in [-0.39, 0.29) is 37.0 Å². The Balaban J connectivity index is 1.92. The molecule has 0 bridgehead atoms. The number of carbonyl (C=O) groups is 2. The van der Waals surface area contributed by atoms with Crippen molar-refractivity contribution >= 4 is 63.5 Å². The van der Waals surface area contributed by atoms with Crippen LogP contribution in [0.3, 0.4) is 0 Å². The number of amides is 1. The lowest BCUT2D eigenvalue weighted by molar-refractivity contribution is -0.384. The zero-order valence-electron chi connectivity index (χ0n) is 14.1. The number of nitro groups is 1. The van der Waals surface area contributed by atoms with Crippen LogP contribution in [-0.2, 0) is 9.59 Å². The highest BCUT2D eigenvalue weighted by molar-refractivity contribution is 8.26. The molecule has 28 heavy (non-hydrogen) atoms. The van der Waals surface area contributed by atoms with Crippen LogP contribution >= 0.6 is 35.6 Å². The molecule has 1 N–H and O–H groups in total. The maximum Gasteiger partial charge on any atom is 0.326 e. The molecule has 0 aliphatic carbocycles. The van der Waals surface area contributed by atoms with Crippen molar-refractivity contribution in [3.63, 3.8) is 0 Å². The van der Waals surface area contributed by atoms with Crippen molar-refractivity contribution in [2.45, 2.75) is 13.0 Å². The fourth-order valence-electron chi connectivity index (χ4n) is 2.49. The summed E-state index contributed by atoms with van der Waals surface area (Å²) in [6.45, 7) is 1.36. The van der Waals surface area contributed by atoms with Gasteiger partial charge < -0.3 is 9.52 Å². The molecule has 1 unspecified atom stereocenters. The van der Waals surface area contributed by atoms with Gasteiger partial charge in [-0.3, -0.25) is 19.8 Å². The Morgan fingerprint density at radius 1 is 1.43 bits per heavy atom. The number of rotatable bonds is 5. The van der Waals surface area contributed by atoms with Gasteiger partial charge in [0.05, 0.1) is 15.4 Å². The van der Waals surface area contributed by atoms with Gasteiger partial charge in [0.15, 0.2) is 0 Å². The van der Waals surface area contributed by atoms with E-state index in [2.05, 4.69) is 0 Å².